The molecule has 0 unspecified atom stereocenters. The summed E-state index contributed by atoms with van der Waals surface area (Å²) in [6.07, 6.45) is 4.93. The van der Waals surface area contributed by atoms with Gasteiger partial charge in [-0.1, -0.05) is 32.6 Å². The fraction of sp³-hybridized carbons (Fsp3) is 0.533. The summed E-state index contributed by atoms with van der Waals surface area (Å²) in [4.78, 5) is 11.5. The van der Waals surface area contributed by atoms with Crippen LogP contribution in [0.2, 0.25) is 0 Å². The van der Waals surface area contributed by atoms with Crippen molar-refractivity contribution in [2.45, 2.75) is 54.1 Å². The fourth-order valence-electron chi connectivity index (χ4n) is 1.06. The van der Waals surface area contributed by atoms with Crippen molar-refractivity contribution in [3.8, 4) is 0 Å². The van der Waals surface area contributed by atoms with E-state index in [-0.39, 0.29) is 0 Å². The molecule has 104 valence electrons. The van der Waals surface area contributed by atoms with E-state index < -0.39 is 11.7 Å². The fourth-order valence-corrected chi connectivity index (χ4v) is 1.06. The van der Waals surface area contributed by atoms with E-state index in [0.717, 1.165) is 5.57 Å². The molecule has 0 saturated carbocycles. The van der Waals surface area contributed by atoms with Crippen LogP contribution in [0.15, 0.2) is 36.1 Å². The van der Waals surface area contributed by atoms with Gasteiger partial charge >= 0.3 is 6.09 Å². The van der Waals surface area contributed by atoms with Crippen LogP contribution in [0.4, 0.5) is 4.79 Å². The van der Waals surface area contributed by atoms with Crippen molar-refractivity contribution in [2.24, 2.45) is 0 Å². The molecule has 0 aliphatic heterocycles. The Bertz CT molecular complexity index is 320. The van der Waals surface area contributed by atoms with Crippen LogP contribution >= 0.6 is 0 Å². The molecule has 3 nitrogen and oxygen atoms in total. The number of carbonyl (C=O) groups is 1. The van der Waals surface area contributed by atoms with Crippen LogP contribution in [0.3, 0.4) is 0 Å². The zero-order valence-corrected chi connectivity index (χ0v) is 12.8. The van der Waals surface area contributed by atoms with Crippen LogP contribution in [0.5, 0.6) is 0 Å². The number of nitrogens with one attached hydrogen (secondary N) is 1. The first-order chi connectivity index (χ1) is 8.30. The third kappa shape index (κ3) is 9.70. The molecule has 0 spiro atoms. The highest BCUT2D eigenvalue weighted by atomic mass is 16.6. The Morgan fingerprint density at radius 2 is 1.78 bits per heavy atom. The maximum Gasteiger partial charge on any atom is 0.412 e. The van der Waals surface area contributed by atoms with E-state index in [1.807, 2.05) is 60.6 Å². The van der Waals surface area contributed by atoms with E-state index in [0.29, 0.717) is 5.70 Å². The van der Waals surface area contributed by atoms with Crippen LogP contribution < -0.4 is 5.32 Å². The minimum absolute atomic E-state index is 0.466. The van der Waals surface area contributed by atoms with Crippen molar-refractivity contribution in [3.63, 3.8) is 0 Å². The molecule has 0 saturated heterocycles. The number of hydrogen-bond acceptors (Lipinski definition) is 2. The van der Waals surface area contributed by atoms with Crippen molar-refractivity contribution >= 4 is 6.09 Å². The second-order valence-corrected chi connectivity index (χ2v) is 4.43. The number of hydrogen-bond donors (Lipinski definition) is 1. The molecule has 0 atom stereocenters. The van der Waals surface area contributed by atoms with Gasteiger partial charge in [-0.2, -0.15) is 0 Å². The molecule has 0 heterocycles. The first-order valence-corrected chi connectivity index (χ1v) is 6.26. The summed E-state index contributed by atoms with van der Waals surface area (Å²) < 4.78 is 5.14. The van der Waals surface area contributed by atoms with Crippen LogP contribution in [-0.4, -0.2) is 11.7 Å². The standard InChI is InChI=1S/C13H21NO2.C2H6/c1-7-9-10(3)11(8-2)14-12(15)16-13(4,5)6;1-2/h7-9H,2H2,1,3-6H3,(H,14,15);1-2H3/b9-7-,11-10+;. The molecule has 0 fully saturated rings. The van der Waals surface area contributed by atoms with Crippen LogP contribution in [0, 0.1) is 0 Å². The lowest BCUT2D eigenvalue weighted by atomic mass is 10.2. The highest BCUT2D eigenvalue weighted by Crippen LogP contribution is 2.09. The van der Waals surface area contributed by atoms with Gasteiger partial charge < -0.3 is 4.74 Å². The molecular formula is C15H27NO2. The van der Waals surface area contributed by atoms with Gasteiger partial charge in [-0.05, 0) is 46.3 Å². The number of allylic oxidation sites excluding steroid dienone is 4. The van der Waals surface area contributed by atoms with Crippen LogP contribution in [-0.2, 0) is 4.74 Å². The summed E-state index contributed by atoms with van der Waals surface area (Å²) in [5.74, 6) is 0. The zero-order chi connectivity index (χ0) is 14.8. The lowest BCUT2D eigenvalue weighted by molar-refractivity contribution is 0.0547. The molecule has 0 aliphatic rings. The predicted octanol–water partition coefficient (Wildman–Crippen LogP) is 4.57. The van der Waals surface area contributed by atoms with Gasteiger partial charge in [-0.15, -0.1) is 0 Å². The molecule has 0 rings (SSSR count). The number of ether oxygens (including phenoxy) is 1. The quantitative estimate of drug-likeness (QED) is 0.748. The Balaban J connectivity index is 0. The van der Waals surface area contributed by atoms with E-state index in [1.165, 1.54) is 0 Å². The highest BCUT2D eigenvalue weighted by Gasteiger charge is 2.16. The molecule has 0 aliphatic carbocycles. The summed E-state index contributed by atoms with van der Waals surface area (Å²) >= 11 is 0. The van der Waals surface area contributed by atoms with Gasteiger partial charge in [0.05, 0.1) is 0 Å². The van der Waals surface area contributed by atoms with Crippen LogP contribution in [0.25, 0.3) is 0 Å². The second kappa shape index (κ2) is 9.51. The minimum atomic E-state index is -0.495. The Kier molecular flexibility index (Phi) is 9.96. The number of rotatable bonds is 3. The van der Waals surface area contributed by atoms with Gasteiger partial charge in [0.1, 0.15) is 5.60 Å². The van der Waals surface area contributed by atoms with E-state index in [4.69, 9.17) is 4.74 Å². The second-order valence-electron chi connectivity index (χ2n) is 4.43. The summed E-state index contributed by atoms with van der Waals surface area (Å²) in [6.45, 7) is 16.9. The Hall–Kier alpha value is -1.51. The Morgan fingerprint density at radius 1 is 1.28 bits per heavy atom. The molecule has 0 aromatic heterocycles. The van der Waals surface area contributed by atoms with Crippen LogP contribution in [0.1, 0.15) is 48.5 Å². The molecule has 0 aromatic carbocycles. The normalized spacial score (nSPS) is 12.2. The summed E-state index contributed by atoms with van der Waals surface area (Å²) in [6, 6.07) is 0. The smallest absolute Gasteiger partial charge is 0.412 e. The van der Waals surface area contributed by atoms with E-state index in [9.17, 15) is 4.79 Å². The number of carbonyl (C=O) groups excluding carboxylic acids is 1. The summed E-state index contributed by atoms with van der Waals surface area (Å²) in [5.41, 5.74) is 1.10. The Morgan fingerprint density at radius 3 is 2.11 bits per heavy atom. The van der Waals surface area contributed by atoms with Gasteiger partial charge in [0, 0.05) is 5.70 Å². The predicted molar refractivity (Wildman–Crippen MR) is 78.4 cm³/mol. The molecule has 0 radical (unpaired) electrons. The molecule has 0 bridgehead atoms. The molecule has 3 heteroatoms. The third-order valence-corrected chi connectivity index (χ3v) is 1.68. The van der Waals surface area contributed by atoms with Gasteiger partial charge in [-0.25, -0.2) is 4.79 Å². The van der Waals surface area contributed by atoms with E-state index in [1.54, 1.807) is 6.08 Å². The average Bonchev–Trinajstić information content (AvgIpc) is 2.26. The molecule has 0 aromatic rings. The highest BCUT2D eigenvalue weighted by molar-refractivity contribution is 5.71. The van der Waals surface area contributed by atoms with Crippen molar-refractivity contribution in [1.29, 1.82) is 0 Å². The molecular weight excluding hydrogens is 226 g/mol. The first-order valence-electron chi connectivity index (χ1n) is 6.26. The maximum absolute atomic E-state index is 11.5. The Labute approximate surface area is 112 Å². The van der Waals surface area contributed by atoms with Crippen molar-refractivity contribution in [3.05, 3.63) is 36.1 Å². The van der Waals surface area contributed by atoms with Crippen molar-refractivity contribution in [2.75, 3.05) is 0 Å². The van der Waals surface area contributed by atoms with E-state index in [2.05, 4.69) is 11.9 Å². The van der Waals surface area contributed by atoms with Gasteiger partial charge in [-0.3, -0.25) is 5.32 Å². The van der Waals surface area contributed by atoms with Gasteiger partial charge in [0.2, 0.25) is 0 Å². The van der Waals surface area contributed by atoms with Crippen molar-refractivity contribution < 1.29 is 9.53 Å². The van der Waals surface area contributed by atoms with Crippen molar-refractivity contribution in [1.82, 2.24) is 5.32 Å². The number of alkyl carbamates (subject to hydrolysis) is 1. The summed E-state index contributed by atoms with van der Waals surface area (Å²) in [5, 5.41) is 2.66. The monoisotopic (exact) mass is 253 g/mol. The largest absolute Gasteiger partial charge is 0.444 e. The van der Waals surface area contributed by atoms with Gasteiger partial charge in [0.25, 0.3) is 0 Å². The molecule has 1 amide bonds. The third-order valence-electron chi connectivity index (χ3n) is 1.68. The minimum Gasteiger partial charge on any atom is -0.444 e. The maximum atomic E-state index is 11.5. The van der Waals surface area contributed by atoms with Gasteiger partial charge in [0.15, 0.2) is 0 Å². The molecule has 1 N–H and O–H groups in total. The summed E-state index contributed by atoms with van der Waals surface area (Å²) in [7, 11) is 0. The molecule has 18 heavy (non-hydrogen) atoms. The van der Waals surface area contributed by atoms with E-state index >= 15 is 0 Å². The average molecular weight is 253 g/mol. The topological polar surface area (TPSA) is 38.3 Å². The lowest BCUT2D eigenvalue weighted by Crippen LogP contribution is -2.32. The SMILES string of the molecule is C=C/C(NC(=O)OC(C)(C)C)=C(C)\C=C/C.CC. The lowest BCUT2D eigenvalue weighted by Gasteiger charge is -2.20. The first kappa shape index (κ1) is 18.8. The number of amides is 1. The zero-order valence-electron chi connectivity index (χ0n) is 12.8.